The van der Waals surface area contributed by atoms with Crippen molar-refractivity contribution in [3.05, 3.63) is 59.7 Å². The van der Waals surface area contributed by atoms with Crippen LogP contribution in [0.4, 0.5) is 14.5 Å². The summed E-state index contributed by atoms with van der Waals surface area (Å²) >= 11 is 0. The molecule has 0 aromatic heterocycles. The van der Waals surface area contributed by atoms with E-state index in [1.54, 1.807) is 6.92 Å². The van der Waals surface area contributed by atoms with Crippen molar-refractivity contribution in [3.63, 3.8) is 0 Å². The van der Waals surface area contributed by atoms with Crippen LogP contribution in [0.2, 0.25) is 0 Å². The van der Waals surface area contributed by atoms with E-state index in [1.807, 2.05) is 0 Å². The lowest BCUT2D eigenvalue weighted by Crippen LogP contribution is -2.15. The van der Waals surface area contributed by atoms with Crippen molar-refractivity contribution in [2.24, 2.45) is 0 Å². The molecular formula is C19H17F2NO6S. The standard InChI is InChI=1S/C19H17F2NO6S/c1-2-17(24)22-14-7-3-12(4-8-14)16(23)11-28-18(25)13-5-9-15(10-6-13)29(26,27)19(20)21/h3-10,19H,2,11H2,1H3,(H,22,24). The predicted octanol–water partition coefficient (Wildman–Crippen LogP) is 3.07. The number of hydrogen-bond acceptors (Lipinski definition) is 6. The van der Waals surface area contributed by atoms with Crippen molar-refractivity contribution in [2.45, 2.75) is 24.0 Å². The molecule has 0 bridgehead atoms. The first kappa shape index (κ1) is 22.2. The van der Waals surface area contributed by atoms with Crippen LogP contribution in [-0.4, -0.2) is 38.4 Å². The quantitative estimate of drug-likeness (QED) is 0.515. The summed E-state index contributed by atoms with van der Waals surface area (Å²) in [7, 11) is -4.76. The fourth-order valence-corrected chi connectivity index (χ4v) is 2.89. The highest BCUT2D eigenvalue weighted by molar-refractivity contribution is 7.91. The zero-order chi connectivity index (χ0) is 21.6. The first-order valence-corrected chi connectivity index (χ1v) is 9.92. The van der Waals surface area contributed by atoms with Gasteiger partial charge in [-0.15, -0.1) is 0 Å². The van der Waals surface area contributed by atoms with E-state index in [4.69, 9.17) is 4.74 Å². The fourth-order valence-electron chi connectivity index (χ4n) is 2.17. The zero-order valence-corrected chi connectivity index (χ0v) is 16.0. The molecule has 7 nitrogen and oxygen atoms in total. The van der Waals surface area contributed by atoms with Gasteiger partial charge in [0.05, 0.1) is 10.5 Å². The van der Waals surface area contributed by atoms with E-state index in [0.717, 1.165) is 24.3 Å². The normalized spacial score (nSPS) is 11.2. The van der Waals surface area contributed by atoms with Crippen LogP contribution in [-0.2, 0) is 19.4 Å². The Labute approximate surface area is 165 Å². The summed E-state index contributed by atoms with van der Waals surface area (Å²) in [6, 6.07) is 9.76. The molecule has 1 N–H and O–H groups in total. The molecule has 0 unspecified atom stereocenters. The van der Waals surface area contributed by atoms with Crippen molar-refractivity contribution < 1.29 is 36.3 Å². The molecule has 29 heavy (non-hydrogen) atoms. The second kappa shape index (κ2) is 9.37. The van der Waals surface area contributed by atoms with Crippen LogP contribution in [0.25, 0.3) is 0 Å². The molecule has 2 aromatic carbocycles. The molecule has 0 heterocycles. The maximum Gasteiger partial charge on any atom is 0.341 e. The Kier molecular flexibility index (Phi) is 7.16. The van der Waals surface area contributed by atoms with Gasteiger partial charge >= 0.3 is 11.7 Å². The maximum absolute atomic E-state index is 12.5. The Bertz CT molecular complexity index is 1000. The van der Waals surface area contributed by atoms with Crippen molar-refractivity contribution in [2.75, 3.05) is 11.9 Å². The van der Waals surface area contributed by atoms with Gasteiger partial charge in [-0.3, -0.25) is 9.59 Å². The van der Waals surface area contributed by atoms with Crippen molar-refractivity contribution in [3.8, 4) is 0 Å². The smallest absolute Gasteiger partial charge is 0.341 e. The molecule has 0 spiro atoms. The number of alkyl halides is 2. The first-order valence-electron chi connectivity index (χ1n) is 8.37. The second-order valence-corrected chi connectivity index (χ2v) is 7.73. The molecule has 0 aliphatic heterocycles. The summed E-state index contributed by atoms with van der Waals surface area (Å²) in [6.07, 6.45) is 0.311. The summed E-state index contributed by atoms with van der Waals surface area (Å²) in [6.45, 7) is 1.13. The third-order valence-electron chi connectivity index (χ3n) is 3.80. The number of sulfone groups is 1. The van der Waals surface area contributed by atoms with Crippen LogP contribution in [0, 0.1) is 0 Å². The van der Waals surface area contributed by atoms with Gasteiger partial charge in [-0.2, -0.15) is 8.78 Å². The van der Waals surface area contributed by atoms with Gasteiger partial charge in [-0.25, -0.2) is 13.2 Å². The highest BCUT2D eigenvalue weighted by atomic mass is 32.2. The number of amides is 1. The Hall–Kier alpha value is -3.14. The highest BCUT2D eigenvalue weighted by Gasteiger charge is 2.26. The van der Waals surface area contributed by atoms with E-state index in [0.29, 0.717) is 12.1 Å². The van der Waals surface area contributed by atoms with E-state index >= 15 is 0 Å². The number of carbonyl (C=O) groups is 3. The van der Waals surface area contributed by atoms with E-state index in [2.05, 4.69) is 5.32 Å². The molecule has 0 saturated heterocycles. The van der Waals surface area contributed by atoms with Crippen LogP contribution >= 0.6 is 0 Å². The minimum absolute atomic E-state index is 0.0938. The number of benzene rings is 2. The minimum Gasteiger partial charge on any atom is -0.454 e. The number of rotatable bonds is 8. The van der Waals surface area contributed by atoms with Gasteiger partial charge in [0.25, 0.3) is 0 Å². The van der Waals surface area contributed by atoms with Gasteiger partial charge in [-0.1, -0.05) is 6.92 Å². The van der Waals surface area contributed by atoms with E-state index < -0.39 is 38.8 Å². The number of ketones is 1. The summed E-state index contributed by atoms with van der Waals surface area (Å²) in [4.78, 5) is 34.8. The largest absolute Gasteiger partial charge is 0.454 e. The molecule has 10 heteroatoms. The Morgan fingerprint density at radius 1 is 0.966 bits per heavy atom. The van der Waals surface area contributed by atoms with Crippen molar-refractivity contribution in [1.29, 1.82) is 0 Å². The SMILES string of the molecule is CCC(=O)Nc1ccc(C(=O)COC(=O)c2ccc(S(=O)(=O)C(F)F)cc2)cc1. The molecule has 2 aromatic rings. The third kappa shape index (κ3) is 5.67. The molecule has 154 valence electrons. The number of ether oxygens (including phenoxy) is 1. The molecule has 0 radical (unpaired) electrons. The number of hydrogen-bond donors (Lipinski definition) is 1. The molecule has 0 saturated carbocycles. The first-order chi connectivity index (χ1) is 13.6. The number of halogens is 2. The number of esters is 1. The monoisotopic (exact) mass is 425 g/mol. The van der Waals surface area contributed by atoms with Gasteiger partial charge < -0.3 is 10.1 Å². The van der Waals surface area contributed by atoms with Gasteiger partial charge in [0.1, 0.15) is 0 Å². The predicted molar refractivity (Wildman–Crippen MR) is 99.6 cm³/mol. The van der Waals surface area contributed by atoms with E-state index in [1.165, 1.54) is 24.3 Å². The van der Waals surface area contributed by atoms with Gasteiger partial charge in [0.15, 0.2) is 12.4 Å². The molecule has 0 fully saturated rings. The molecule has 0 aliphatic carbocycles. The van der Waals surface area contributed by atoms with Crippen LogP contribution in [0.1, 0.15) is 34.1 Å². The van der Waals surface area contributed by atoms with Crippen molar-refractivity contribution >= 4 is 33.2 Å². The van der Waals surface area contributed by atoms with Crippen LogP contribution in [0.15, 0.2) is 53.4 Å². The maximum atomic E-state index is 12.5. The highest BCUT2D eigenvalue weighted by Crippen LogP contribution is 2.19. The third-order valence-corrected chi connectivity index (χ3v) is 5.20. The van der Waals surface area contributed by atoms with Gasteiger partial charge in [-0.05, 0) is 48.5 Å². The Morgan fingerprint density at radius 3 is 2.03 bits per heavy atom. The average Bonchev–Trinajstić information content (AvgIpc) is 2.72. The lowest BCUT2D eigenvalue weighted by Gasteiger charge is -2.07. The molecular weight excluding hydrogens is 408 g/mol. The fraction of sp³-hybridized carbons (Fsp3) is 0.211. The minimum atomic E-state index is -4.76. The number of carbonyl (C=O) groups excluding carboxylic acids is 3. The number of nitrogens with one attached hydrogen (secondary N) is 1. The van der Waals surface area contributed by atoms with Crippen LogP contribution in [0.5, 0.6) is 0 Å². The van der Waals surface area contributed by atoms with Gasteiger partial charge in [0.2, 0.25) is 15.7 Å². The van der Waals surface area contributed by atoms with E-state index in [-0.39, 0.29) is 17.0 Å². The molecule has 0 atom stereocenters. The summed E-state index contributed by atoms with van der Waals surface area (Å²) in [5.74, 6) is -5.15. The average molecular weight is 425 g/mol. The number of Topliss-reactive ketones (excluding diaryl/α,β-unsaturated/α-hetero) is 1. The zero-order valence-electron chi connectivity index (χ0n) is 15.2. The molecule has 1 amide bonds. The molecule has 0 aliphatic rings. The van der Waals surface area contributed by atoms with Crippen LogP contribution < -0.4 is 5.32 Å². The Balaban J connectivity index is 1.96. The van der Waals surface area contributed by atoms with Crippen LogP contribution in [0.3, 0.4) is 0 Å². The summed E-state index contributed by atoms with van der Waals surface area (Å²) in [5, 5.41) is 2.63. The Morgan fingerprint density at radius 2 is 1.52 bits per heavy atom. The number of anilines is 1. The second-order valence-electron chi connectivity index (χ2n) is 5.81. The lowest BCUT2D eigenvalue weighted by atomic mass is 10.1. The summed E-state index contributed by atoms with van der Waals surface area (Å²) in [5.41, 5.74) is 0.679. The molecule has 2 rings (SSSR count). The van der Waals surface area contributed by atoms with E-state index in [9.17, 15) is 31.6 Å². The van der Waals surface area contributed by atoms with Crippen molar-refractivity contribution in [1.82, 2.24) is 0 Å². The lowest BCUT2D eigenvalue weighted by molar-refractivity contribution is -0.115. The van der Waals surface area contributed by atoms with Gasteiger partial charge in [0, 0.05) is 17.7 Å². The summed E-state index contributed by atoms with van der Waals surface area (Å²) < 4.78 is 52.6. The topological polar surface area (TPSA) is 107 Å².